The molecule has 102 valence electrons. The first-order valence-corrected chi connectivity index (χ1v) is 6.11. The molecule has 1 aromatic carbocycles. The number of hydrogen-bond acceptors (Lipinski definition) is 4. The Morgan fingerprint density at radius 3 is 2.37 bits per heavy atom. The van der Waals surface area contributed by atoms with E-state index in [4.69, 9.17) is 5.73 Å². The first kappa shape index (κ1) is 13.1. The van der Waals surface area contributed by atoms with E-state index in [1.807, 2.05) is 0 Å². The van der Waals surface area contributed by atoms with E-state index >= 15 is 0 Å². The second-order valence-corrected chi connectivity index (χ2v) is 4.55. The zero-order valence-corrected chi connectivity index (χ0v) is 10.4. The van der Waals surface area contributed by atoms with E-state index in [2.05, 4.69) is 5.32 Å². The largest absolute Gasteiger partial charge is 0.382 e. The van der Waals surface area contributed by atoms with Crippen LogP contribution in [0.5, 0.6) is 0 Å². The third-order valence-corrected chi connectivity index (χ3v) is 3.26. The summed E-state index contributed by atoms with van der Waals surface area (Å²) in [6.07, 6.45) is 1.64. The monoisotopic (exact) mass is 264 g/mol. The average molecular weight is 264 g/mol. The zero-order valence-electron chi connectivity index (χ0n) is 10.4. The van der Waals surface area contributed by atoms with Crippen LogP contribution in [0, 0.1) is 10.1 Å². The van der Waals surface area contributed by atoms with E-state index in [1.54, 1.807) is 17.0 Å². The number of anilines is 1. The summed E-state index contributed by atoms with van der Waals surface area (Å²) >= 11 is 0. The van der Waals surface area contributed by atoms with Gasteiger partial charge in [0.1, 0.15) is 0 Å². The van der Waals surface area contributed by atoms with Gasteiger partial charge >= 0.3 is 6.03 Å². The van der Waals surface area contributed by atoms with Crippen molar-refractivity contribution in [2.45, 2.75) is 18.9 Å². The number of carbonyl (C=O) groups is 1. The minimum Gasteiger partial charge on any atom is -0.382 e. The molecule has 2 amide bonds. The molecule has 2 rings (SSSR count). The van der Waals surface area contributed by atoms with Crippen LogP contribution in [0.1, 0.15) is 12.8 Å². The Morgan fingerprint density at radius 2 is 1.89 bits per heavy atom. The lowest BCUT2D eigenvalue weighted by Gasteiger charge is -2.31. The predicted octanol–water partition coefficient (Wildman–Crippen LogP) is 1.55. The molecular formula is C12H16N4O3. The Bertz CT molecular complexity index is 466. The summed E-state index contributed by atoms with van der Waals surface area (Å²) in [5.41, 5.74) is 6.14. The van der Waals surface area contributed by atoms with Gasteiger partial charge in [-0.15, -0.1) is 0 Å². The summed E-state index contributed by atoms with van der Waals surface area (Å²) in [5, 5.41) is 13.8. The van der Waals surface area contributed by atoms with Gasteiger partial charge in [0.25, 0.3) is 5.69 Å². The van der Waals surface area contributed by atoms with Gasteiger partial charge in [0.15, 0.2) is 0 Å². The summed E-state index contributed by atoms with van der Waals surface area (Å²) in [7, 11) is 0. The molecule has 1 fully saturated rings. The summed E-state index contributed by atoms with van der Waals surface area (Å²) in [6.45, 7) is 1.28. The maximum absolute atomic E-state index is 11.0. The molecule has 7 heteroatoms. The molecular weight excluding hydrogens is 248 g/mol. The van der Waals surface area contributed by atoms with Crippen LogP contribution in [0.15, 0.2) is 24.3 Å². The van der Waals surface area contributed by atoms with Crippen LogP contribution in [0.2, 0.25) is 0 Å². The number of nitrogens with zero attached hydrogens (tertiary/aromatic N) is 2. The number of nitrogens with two attached hydrogens (primary N) is 1. The van der Waals surface area contributed by atoms with Crippen molar-refractivity contribution in [2.24, 2.45) is 5.73 Å². The van der Waals surface area contributed by atoms with Crippen molar-refractivity contribution in [3.05, 3.63) is 34.4 Å². The number of amides is 2. The third-order valence-electron chi connectivity index (χ3n) is 3.26. The van der Waals surface area contributed by atoms with Gasteiger partial charge in [-0.25, -0.2) is 4.79 Å². The second kappa shape index (κ2) is 5.55. The topological polar surface area (TPSA) is 102 Å². The zero-order chi connectivity index (χ0) is 13.8. The molecule has 1 aliphatic heterocycles. The molecule has 0 radical (unpaired) electrons. The number of carbonyl (C=O) groups excluding carboxylic acids is 1. The van der Waals surface area contributed by atoms with Gasteiger partial charge in [0.2, 0.25) is 0 Å². The van der Waals surface area contributed by atoms with Crippen LogP contribution in [0.3, 0.4) is 0 Å². The molecule has 1 heterocycles. The molecule has 1 aromatic rings. The third kappa shape index (κ3) is 3.34. The Hall–Kier alpha value is -2.31. The van der Waals surface area contributed by atoms with E-state index in [-0.39, 0.29) is 17.8 Å². The van der Waals surface area contributed by atoms with Gasteiger partial charge in [-0.3, -0.25) is 10.1 Å². The molecule has 0 saturated carbocycles. The van der Waals surface area contributed by atoms with Crippen LogP contribution in [-0.2, 0) is 0 Å². The molecule has 0 aromatic heterocycles. The number of nitrogens with one attached hydrogen (secondary N) is 1. The summed E-state index contributed by atoms with van der Waals surface area (Å²) < 4.78 is 0. The molecule has 0 bridgehead atoms. The maximum Gasteiger partial charge on any atom is 0.314 e. The first-order chi connectivity index (χ1) is 9.06. The first-order valence-electron chi connectivity index (χ1n) is 6.11. The molecule has 0 aliphatic carbocycles. The summed E-state index contributed by atoms with van der Waals surface area (Å²) in [4.78, 5) is 22.7. The molecule has 3 N–H and O–H groups in total. The van der Waals surface area contributed by atoms with Gasteiger partial charge in [0.05, 0.1) is 4.92 Å². The van der Waals surface area contributed by atoms with Crippen molar-refractivity contribution in [3.8, 4) is 0 Å². The fourth-order valence-electron chi connectivity index (χ4n) is 2.16. The number of hydrogen-bond donors (Lipinski definition) is 2. The van der Waals surface area contributed by atoms with E-state index < -0.39 is 4.92 Å². The van der Waals surface area contributed by atoms with Gasteiger partial charge in [-0.1, -0.05) is 0 Å². The molecule has 0 atom stereocenters. The van der Waals surface area contributed by atoms with E-state index in [0.717, 1.165) is 18.5 Å². The van der Waals surface area contributed by atoms with Crippen molar-refractivity contribution < 1.29 is 9.72 Å². The minimum atomic E-state index is -0.422. The second-order valence-electron chi connectivity index (χ2n) is 4.55. The number of urea groups is 1. The number of nitro groups is 1. The highest BCUT2D eigenvalue weighted by Crippen LogP contribution is 2.19. The lowest BCUT2D eigenvalue weighted by Crippen LogP contribution is -2.44. The quantitative estimate of drug-likeness (QED) is 0.638. The lowest BCUT2D eigenvalue weighted by molar-refractivity contribution is -0.384. The molecule has 0 spiro atoms. The highest BCUT2D eigenvalue weighted by atomic mass is 16.6. The van der Waals surface area contributed by atoms with E-state index in [9.17, 15) is 14.9 Å². The molecule has 1 saturated heterocycles. The van der Waals surface area contributed by atoms with Gasteiger partial charge in [-0.05, 0) is 25.0 Å². The number of non-ortho nitro benzene ring substituents is 1. The van der Waals surface area contributed by atoms with Crippen LogP contribution in [-0.4, -0.2) is 35.0 Å². The van der Waals surface area contributed by atoms with Crippen LogP contribution >= 0.6 is 0 Å². The van der Waals surface area contributed by atoms with Gasteiger partial charge < -0.3 is 16.0 Å². The Labute approximate surface area is 110 Å². The maximum atomic E-state index is 11.0. The van der Waals surface area contributed by atoms with Crippen molar-refractivity contribution in [1.29, 1.82) is 0 Å². The van der Waals surface area contributed by atoms with Crippen LogP contribution in [0.4, 0.5) is 16.2 Å². The fourth-order valence-corrected chi connectivity index (χ4v) is 2.16. The van der Waals surface area contributed by atoms with Gasteiger partial charge in [0, 0.05) is 37.0 Å². The molecule has 19 heavy (non-hydrogen) atoms. The summed E-state index contributed by atoms with van der Waals surface area (Å²) in [5.74, 6) is 0. The minimum absolute atomic E-state index is 0.0779. The average Bonchev–Trinajstić information content (AvgIpc) is 2.40. The molecule has 1 aliphatic rings. The summed E-state index contributed by atoms with van der Waals surface area (Å²) in [6, 6.07) is 6.21. The number of benzene rings is 1. The number of rotatable bonds is 3. The number of primary amides is 1. The number of nitro benzene ring substituents is 1. The molecule has 7 nitrogen and oxygen atoms in total. The van der Waals surface area contributed by atoms with Crippen molar-refractivity contribution in [3.63, 3.8) is 0 Å². The smallest absolute Gasteiger partial charge is 0.314 e. The van der Waals surface area contributed by atoms with Gasteiger partial charge in [-0.2, -0.15) is 0 Å². The van der Waals surface area contributed by atoms with Crippen LogP contribution in [0.25, 0.3) is 0 Å². The standard InChI is InChI=1S/C12H16N4O3/c13-12(17)15-7-5-10(6-8-15)14-9-1-3-11(4-2-9)16(18)19/h1-4,10,14H,5-8H2,(H2,13,17). The Kier molecular flexibility index (Phi) is 3.84. The predicted molar refractivity (Wildman–Crippen MR) is 70.9 cm³/mol. The number of piperidine rings is 1. The van der Waals surface area contributed by atoms with Crippen molar-refractivity contribution in [2.75, 3.05) is 18.4 Å². The van der Waals surface area contributed by atoms with Crippen molar-refractivity contribution >= 4 is 17.4 Å². The van der Waals surface area contributed by atoms with Crippen molar-refractivity contribution in [1.82, 2.24) is 4.90 Å². The highest BCUT2D eigenvalue weighted by molar-refractivity contribution is 5.72. The fraction of sp³-hybridized carbons (Fsp3) is 0.417. The lowest BCUT2D eigenvalue weighted by atomic mass is 10.0. The number of likely N-dealkylation sites (tertiary alicyclic amines) is 1. The van der Waals surface area contributed by atoms with E-state index in [1.165, 1.54) is 12.1 Å². The Balaban J connectivity index is 1.88. The normalized spacial score (nSPS) is 16.1. The molecule has 0 unspecified atom stereocenters. The SMILES string of the molecule is NC(=O)N1CCC(Nc2ccc([N+](=O)[O-])cc2)CC1. The Morgan fingerprint density at radius 1 is 1.32 bits per heavy atom. The highest BCUT2D eigenvalue weighted by Gasteiger charge is 2.21. The van der Waals surface area contributed by atoms with Crippen LogP contribution < -0.4 is 11.1 Å². The van der Waals surface area contributed by atoms with E-state index in [0.29, 0.717) is 13.1 Å².